The molecule has 0 N–H and O–H groups in total. The maximum atomic E-state index is 12.5. The van der Waals surface area contributed by atoms with Gasteiger partial charge >= 0.3 is 0 Å². The standard InChI is InChI=1S/C18H20N6O2S/c1-13-11-27-16(19-13)10-17(25)23-8-6-22(7-9-23)12-24-18(26)14-4-2-3-5-15(14)20-21-24/h2-5,11H,6-10,12H2,1H3. The third-order valence-electron chi connectivity index (χ3n) is 4.66. The first-order chi connectivity index (χ1) is 13.1. The van der Waals surface area contributed by atoms with Crippen molar-refractivity contribution < 1.29 is 4.79 Å². The highest BCUT2D eigenvalue weighted by Gasteiger charge is 2.22. The molecule has 3 heterocycles. The number of amides is 1. The first kappa shape index (κ1) is 17.7. The van der Waals surface area contributed by atoms with E-state index in [0.717, 1.165) is 10.7 Å². The van der Waals surface area contributed by atoms with Gasteiger partial charge in [0.1, 0.15) is 10.5 Å². The van der Waals surface area contributed by atoms with E-state index in [1.54, 1.807) is 12.1 Å². The molecule has 0 atom stereocenters. The number of thiazole rings is 1. The summed E-state index contributed by atoms with van der Waals surface area (Å²) >= 11 is 1.52. The van der Waals surface area contributed by atoms with E-state index in [1.807, 2.05) is 29.3 Å². The summed E-state index contributed by atoms with van der Waals surface area (Å²) in [6.07, 6.45) is 0.355. The monoisotopic (exact) mass is 384 g/mol. The van der Waals surface area contributed by atoms with Crippen LogP contribution in [0, 0.1) is 6.92 Å². The molecule has 1 fully saturated rings. The molecule has 0 aliphatic carbocycles. The van der Waals surface area contributed by atoms with Crippen molar-refractivity contribution >= 4 is 28.1 Å². The summed E-state index contributed by atoms with van der Waals surface area (Å²) in [5.74, 6) is 0.103. The smallest absolute Gasteiger partial charge is 0.278 e. The van der Waals surface area contributed by atoms with Crippen LogP contribution in [0.5, 0.6) is 0 Å². The SMILES string of the molecule is Cc1csc(CC(=O)N2CCN(Cn3nnc4ccccc4c3=O)CC2)n1. The second-order valence-electron chi connectivity index (χ2n) is 6.61. The lowest BCUT2D eigenvalue weighted by molar-refractivity contribution is -0.132. The van der Waals surface area contributed by atoms with Crippen LogP contribution in [-0.4, -0.2) is 61.9 Å². The van der Waals surface area contributed by atoms with E-state index in [-0.39, 0.29) is 11.5 Å². The van der Waals surface area contributed by atoms with Gasteiger partial charge in [-0.05, 0) is 19.1 Å². The molecule has 0 unspecified atom stereocenters. The van der Waals surface area contributed by atoms with E-state index in [4.69, 9.17) is 0 Å². The Bertz CT molecular complexity index is 1020. The van der Waals surface area contributed by atoms with Crippen LogP contribution in [-0.2, 0) is 17.9 Å². The highest BCUT2D eigenvalue weighted by atomic mass is 32.1. The Morgan fingerprint density at radius 3 is 2.70 bits per heavy atom. The van der Waals surface area contributed by atoms with Crippen LogP contribution >= 0.6 is 11.3 Å². The van der Waals surface area contributed by atoms with Gasteiger partial charge in [0.15, 0.2) is 0 Å². The van der Waals surface area contributed by atoms with E-state index < -0.39 is 0 Å². The van der Waals surface area contributed by atoms with Crippen molar-refractivity contribution in [3.05, 3.63) is 50.7 Å². The molecule has 9 heteroatoms. The van der Waals surface area contributed by atoms with E-state index in [9.17, 15) is 9.59 Å². The molecule has 0 bridgehead atoms. The highest BCUT2D eigenvalue weighted by molar-refractivity contribution is 7.09. The molecule has 1 amide bonds. The fourth-order valence-corrected chi connectivity index (χ4v) is 3.93. The van der Waals surface area contributed by atoms with Crippen molar-refractivity contribution in [2.45, 2.75) is 20.0 Å². The lowest BCUT2D eigenvalue weighted by Gasteiger charge is -2.34. The van der Waals surface area contributed by atoms with E-state index in [0.29, 0.717) is 50.2 Å². The maximum absolute atomic E-state index is 12.5. The molecule has 2 aromatic heterocycles. The summed E-state index contributed by atoms with van der Waals surface area (Å²) in [7, 11) is 0. The van der Waals surface area contributed by atoms with Gasteiger partial charge in [0.25, 0.3) is 5.56 Å². The van der Waals surface area contributed by atoms with E-state index in [2.05, 4.69) is 20.2 Å². The summed E-state index contributed by atoms with van der Waals surface area (Å²) in [6, 6.07) is 7.20. The number of aryl methyl sites for hydroxylation is 1. The largest absolute Gasteiger partial charge is 0.340 e. The minimum absolute atomic E-state index is 0.103. The molecule has 140 valence electrons. The second kappa shape index (κ2) is 7.53. The maximum Gasteiger partial charge on any atom is 0.278 e. The average molecular weight is 384 g/mol. The Balaban J connectivity index is 1.36. The lowest BCUT2D eigenvalue weighted by atomic mass is 10.2. The molecule has 3 aromatic rings. The van der Waals surface area contributed by atoms with Crippen LogP contribution in [0.3, 0.4) is 0 Å². The Morgan fingerprint density at radius 2 is 1.96 bits per heavy atom. The molecule has 1 saturated heterocycles. The van der Waals surface area contributed by atoms with Crippen LogP contribution in [0.2, 0.25) is 0 Å². The summed E-state index contributed by atoms with van der Waals surface area (Å²) < 4.78 is 1.39. The van der Waals surface area contributed by atoms with E-state index in [1.165, 1.54) is 16.0 Å². The minimum Gasteiger partial charge on any atom is -0.340 e. The number of hydrogen-bond donors (Lipinski definition) is 0. The molecule has 8 nitrogen and oxygen atoms in total. The number of aromatic nitrogens is 4. The van der Waals surface area contributed by atoms with Gasteiger partial charge in [0.05, 0.1) is 18.5 Å². The Labute approximate surface area is 160 Å². The van der Waals surface area contributed by atoms with Crippen molar-refractivity contribution in [2.75, 3.05) is 26.2 Å². The number of rotatable bonds is 4. The molecule has 27 heavy (non-hydrogen) atoms. The number of carbonyl (C=O) groups excluding carboxylic acids is 1. The number of fused-ring (bicyclic) bond motifs is 1. The van der Waals surface area contributed by atoms with Gasteiger partial charge in [-0.3, -0.25) is 14.5 Å². The van der Waals surface area contributed by atoms with Crippen LogP contribution in [0.4, 0.5) is 0 Å². The molecule has 4 rings (SSSR count). The predicted octanol–water partition coefficient (Wildman–Crippen LogP) is 0.901. The van der Waals surface area contributed by atoms with Gasteiger partial charge in [0, 0.05) is 37.3 Å². The van der Waals surface area contributed by atoms with Gasteiger partial charge in [-0.2, -0.15) is 4.68 Å². The zero-order valence-corrected chi connectivity index (χ0v) is 15.9. The normalized spacial score (nSPS) is 15.4. The number of benzene rings is 1. The summed E-state index contributed by atoms with van der Waals surface area (Å²) in [5.41, 5.74) is 1.42. The van der Waals surface area contributed by atoms with Gasteiger partial charge in [-0.15, -0.1) is 16.4 Å². The van der Waals surface area contributed by atoms with Crippen molar-refractivity contribution in [2.24, 2.45) is 0 Å². The summed E-state index contributed by atoms with van der Waals surface area (Å²) in [4.78, 5) is 33.3. The second-order valence-corrected chi connectivity index (χ2v) is 7.55. The van der Waals surface area contributed by atoms with Gasteiger partial charge < -0.3 is 4.90 Å². The van der Waals surface area contributed by atoms with Crippen molar-refractivity contribution in [1.29, 1.82) is 0 Å². The molecule has 1 aliphatic heterocycles. The Hall–Kier alpha value is -2.65. The zero-order chi connectivity index (χ0) is 18.8. The number of piperazine rings is 1. The molecular weight excluding hydrogens is 364 g/mol. The number of carbonyl (C=O) groups is 1. The third kappa shape index (κ3) is 3.88. The molecule has 0 radical (unpaired) electrons. The van der Waals surface area contributed by atoms with Crippen molar-refractivity contribution in [1.82, 2.24) is 29.8 Å². The quantitative estimate of drug-likeness (QED) is 0.665. The van der Waals surface area contributed by atoms with Crippen LogP contribution < -0.4 is 5.56 Å². The first-order valence-electron chi connectivity index (χ1n) is 8.84. The number of nitrogens with zero attached hydrogens (tertiary/aromatic N) is 6. The molecule has 1 aliphatic rings. The highest BCUT2D eigenvalue weighted by Crippen LogP contribution is 2.12. The van der Waals surface area contributed by atoms with Crippen molar-refractivity contribution in [3.8, 4) is 0 Å². The Kier molecular flexibility index (Phi) is 4.95. The molecule has 0 spiro atoms. The molecule has 1 aromatic carbocycles. The molecular formula is C18H20N6O2S. The fourth-order valence-electron chi connectivity index (χ4n) is 3.17. The average Bonchev–Trinajstić information content (AvgIpc) is 3.09. The predicted molar refractivity (Wildman–Crippen MR) is 103 cm³/mol. The number of hydrogen-bond acceptors (Lipinski definition) is 7. The zero-order valence-electron chi connectivity index (χ0n) is 15.0. The van der Waals surface area contributed by atoms with Crippen LogP contribution in [0.15, 0.2) is 34.4 Å². The summed E-state index contributed by atoms with van der Waals surface area (Å²) in [5, 5.41) is 11.5. The van der Waals surface area contributed by atoms with Gasteiger partial charge in [-0.25, -0.2) is 4.98 Å². The fraction of sp³-hybridized carbons (Fsp3) is 0.389. The minimum atomic E-state index is -0.141. The van der Waals surface area contributed by atoms with Gasteiger partial charge in [-0.1, -0.05) is 17.3 Å². The first-order valence-corrected chi connectivity index (χ1v) is 9.72. The summed E-state index contributed by atoms with van der Waals surface area (Å²) in [6.45, 7) is 4.98. The third-order valence-corrected chi connectivity index (χ3v) is 5.62. The lowest BCUT2D eigenvalue weighted by Crippen LogP contribution is -2.50. The Morgan fingerprint density at radius 1 is 1.19 bits per heavy atom. The van der Waals surface area contributed by atoms with Crippen LogP contribution in [0.1, 0.15) is 10.7 Å². The molecule has 0 saturated carbocycles. The van der Waals surface area contributed by atoms with E-state index >= 15 is 0 Å². The van der Waals surface area contributed by atoms with Gasteiger partial charge in [0.2, 0.25) is 5.91 Å². The topological polar surface area (TPSA) is 84.2 Å². The van der Waals surface area contributed by atoms with Crippen LogP contribution in [0.25, 0.3) is 10.9 Å². The van der Waals surface area contributed by atoms with Crippen molar-refractivity contribution in [3.63, 3.8) is 0 Å².